The van der Waals surface area contributed by atoms with Crippen molar-refractivity contribution in [3.05, 3.63) is 23.8 Å². The van der Waals surface area contributed by atoms with Crippen molar-refractivity contribution >= 4 is 18.2 Å². The molecule has 2 amide bonds. The van der Waals surface area contributed by atoms with Gasteiger partial charge >= 0.3 is 6.09 Å². The summed E-state index contributed by atoms with van der Waals surface area (Å²) in [7, 11) is 0. The number of carbonyl (C=O) groups excluding carboxylic acids is 2. The lowest BCUT2D eigenvalue weighted by atomic mass is 10.2. The molecule has 0 aromatic heterocycles. The second kappa shape index (κ2) is 7.43. The Morgan fingerprint density at radius 3 is 2.59 bits per heavy atom. The summed E-state index contributed by atoms with van der Waals surface area (Å²) in [6.07, 6.45) is 0.646. The van der Waals surface area contributed by atoms with Crippen LogP contribution in [0, 0.1) is 0 Å². The third-order valence-corrected chi connectivity index (χ3v) is 3.77. The first kappa shape index (κ1) is 20.5. The van der Waals surface area contributed by atoms with Crippen LogP contribution in [0.5, 0.6) is 11.5 Å². The molecule has 0 aliphatic carbocycles. The first-order valence-corrected chi connectivity index (χ1v) is 8.42. The van der Waals surface area contributed by atoms with E-state index < -0.39 is 29.4 Å². The van der Waals surface area contributed by atoms with Gasteiger partial charge in [-0.25, -0.2) is 10.2 Å². The van der Waals surface area contributed by atoms with Gasteiger partial charge in [-0.2, -0.15) is 5.10 Å². The van der Waals surface area contributed by atoms with Crippen LogP contribution in [-0.2, 0) is 14.3 Å². The Morgan fingerprint density at radius 1 is 1.33 bits per heavy atom. The smallest absolute Gasteiger partial charge is 0.413 e. The van der Waals surface area contributed by atoms with Crippen molar-refractivity contribution < 1.29 is 29.3 Å². The van der Waals surface area contributed by atoms with Gasteiger partial charge in [0.1, 0.15) is 17.4 Å². The van der Waals surface area contributed by atoms with E-state index in [0.717, 1.165) is 0 Å². The lowest BCUT2D eigenvalue weighted by Crippen LogP contribution is -2.54. The van der Waals surface area contributed by atoms with Crippen LogP contribution in [-0.4, -0.2) is 57.3 Å². The maximum atomic E-state index is 12.5. The molecule has 1 aliphatic heterocycles. The van der Waals surface area contributed by atoms with E-state index in [4.69, 9.17) is 9.47 Å². The topological polar surface area (TPSA) is 121 Å². The fourth-order valence-electron chi connectivity index (χ4n) is 2.52. The van der Waals surface area contributed by atoms with Gasteiger partial charge < -0.3 is 19.7 Å². The molecule has 2 rings (SSSR count). The average Bonchev–Trinajstić information content (AvgIpc) is 2.84. The molecular weight excluding hydrogens is 354 g/mol. The molecule has 3 N–H and O–H groups in total. The van der Waals surface area contributed by atoms with Gasteiger partial charge in [0.25, 0.3) is 5.91 Å². The second-order valence-corrected chi connectivity index (χ2v) is 7.61. The summed E-state index contributed by atoms with van der Waals surface area (Å²) in [5, 5.41) is 22.6. The fraction of sp³-hybridized carbons (Fsp3) is 0.500. The summed E-state index contributed by atoms with van der Waals surface area (Å²) in [6.45, 7) is 8.57. The number of aromatic hydroxyl groups is 2. The quantitative estimate of drug-likeness (QED) is 0.419. The molecule has 0 bridgehead atoms. The van der Waals surface area contributed by atoms with Crippen LogP contribution in [0.2, 0.25) is 0 Å². The van der Waals surface area contributed by atoms with Crippen LogP contribution in [0.1, 0.15) is 40.2 Å². The van der Waals surface area contributed by atoms with Crippen molar-refractivity contribution in [2.24, 2.45) is 5.10 Å². The summed E-state index contributed by atoms with van der Waals surface area (Å²) in [6, 6.07) is 3.20. The van der Waals surface area contributed by atoms with Crippen molar-refractivity contribution in [2.75, 3.05) is 6.61 Å². The number of rotatable bonds is 3. The average molecular weight is 379 g/mol. The number of hydrazone groups is 1. The first-order valence-electron chi connectivity index (χ1n) is 8.42. The van der Waals surface area contributed by atoms with Crippen molar-refractivity contribution in [1.82, 2.24) is 10.3 Å². The number of nitrogens with one attached hydrogen (secondary N) is 1. The summed E-state index contributed by atoms with van der Waals surface area (Å²) in [5.41, 5.74) is 1.10. The van der Waals surface area contributed by atoms with E-state index in [1.54, 1.807) is 34.6 Å². The zero-order valence-electron chi connectivity index (χ0n) is 16.0. The molecule has 1 unspecified atom stereocenters. The minimum Gasteiger partial charge on any atom is -0.504 e. The summed E-state index contributed by atoms with van der Waals surface area (Å²) < 4.78 is 10.9. The third kappa shape index (κ3) is 5.10. The molecule has 9 heteroatoms. The van der Waals surface area contributed by atoms with E-state index in [2.05, 4.69) is 10.5 Å². The van der Waals surface area contributed by atoms with E-state index in [9.17, 15) is 19.8 Å². The van der Waals surface area contributed by atoms with Gasteiger partial charge in [0.05, 0.1) is 12.8 Å². The van der Waals surface area contributed by atoms with Gasteiger partial charge in [-0.3, -0.25) is 9.69 Å². The van der Waals surface area contributed by atoms with E-state index in [-0.39, 0.29) is 18.1 Å². The van der Waals surface area contributed by atoms with Crippen LogP contribution in [0.15, 0.2) is 23.3 Å². The maximum Gasteiger partial charge on any atom is 0.413 e. The van der Waals surface area contributed by atoms with Crippen LogP contribution in [0.25, 0.3) is 0 Å². The molecular formula is C18H25N3O6. The van der Waals surface area contributed by atoms with Crippen molar-refractivity contribution in [2.45, 2.75) is 52.0 Å². The lowest BCUT2D eigenvalue weighted by molar-refractivity contribution is -0.126. The standard InChI is InChI=1S/C18H25N3O6/c1-17(2,3)27-16(25)21-12(10-26-18(21,4)5)15(24)20-19-9-11-6-7-13(22)14(23)8-11/h6-9,12,22-23H,10H2,1-5H3,(H,20,24)/b19-9+. The van der Waals surface area contributed by atoms with Gasteiger partial charge in [-0.05, 0) is 58.4 Å². The molecule has 1 saturated heterocycles. The van der Waals surface area contributed by atoms with Crippen LogP contribution in [0.4, 0.5) is 4.79 Å². The number of benzene rings is 1. The molecule has 0 spiro atoms. The number of nitrogens with zero attached hydrogens (tertiary/aromatic N) is 2. The maximum absolute atomic E-state index is 12.5. The van der Waals surface area contributed by atoms with E-state index >= 15 is 0 Å². The Balaban J connectivity index is 2.08. The third-order valence-electron chi connectivity index (χ3n) is 3.77. The minimum atomic E-state index is -1.00. The highest BCUT2D eigenvalue weighted by molar-refractivity contribution is 5.88. The summed E-state index contributed by atoms with van der Waals surface area (Å²) in [4.78, 5) is 26.2. The Bertz CT molecular complexity index is 754. The van der Waals surface area contributed by atoms with E-state index in [1.807, 2.05) is 0 Å². The highest BCUT2D eigenvalue weighted by Crippen LogP contribution is 2.29. The van der Waals surface area contributed by atoms with Crippen LogP contribution < -0.4 is 5.43 Å². The molecule has 0 radical (unpaired) electrons. The van der Waals surface area contributed by atoms with Crippen molar-refractivity contribution in [3.63, 3.8) is 0 Å². The van der Waals surface area contributed by atoms with Crippen LogP contribution in [0.3, 0.4) is 0 Å². The Hall–Kier alpha value is -2.81. The Kier molecular flexibility index (Phi) is 5.65. The predicted molar refractivity (Wildman–Crippen MR) is 97.4 cm³/mol. The highest BCUT2D eigenvalue weighted by Gasteiger charge is 2.48. The molecule has 1 fully saturated rings. The molecule has 1 aromatic rings. The molecule has 148 valence electrons. The van der Waals surface area contributed by atoms with Gasteiger partial charge in [-0.1, -0.05) is 0 Å². The van der Waals surface area contributed by atoms with Crippen LogP contribution >= 0.6 is 0 Å². The zero-order chi connectivity index (χ0) is 20.4. The predicted octanol–water partition coefficient (Wildman–Crippen LogP) is 1.92. The molecule has 1 heterocycles. The van der Waals surface area contributed by atoms with Gasteiger partial charge in [0.2, 0.25) is 0 Å². The number of ether oxygens (including phenoxy) is 2. The number of amides is 2. The molecule has 9 nitrogen and oxygen atoms in total. The number of phenolic OH excluding ortho intramolecular Hbond substituents is 2. The van der Waals surface area contributed by atoms with Crippen molar-refractivity contribution in [1.29, 1.82) is 0 Å². The van der Waals surface area contributed by atoms with Gasteiger partial charge in [-0.15, -0.1) is 0 Å². The van der Waals surface area contributed by atoms with Gasteiger partial charge in [0, 0.05) is 0 Å². The number of hydrogen-bond donors (Lipinski definition) is 3. The highest BCUT2D eigenvalue weighted by atomic mass is 16.6. The first-order chi connectivity index (χ1) is 12.4. The number of hydrogen-bond acceptors (Lipinski definition) is 7. The molecule has 1 atom stereocenters. The molecule has 1 aliphatic rings. The fourth-order valence-corrected chi connectivity index (χ4v) is 2.52. The number of phenols is 2. The summed E-state index contributed by atoms with van der Waals surface area (Å²) in [5.74, 6) is -1.09. The SMILES string of the molecule is CC(C)(C)OC(=O)N1C(C(=O)N/N=C/c2ccc(O)c(O)c2)COC1(C)C. The Morgan fingerprint density at radius 2 is 2.00 bits per heavy atom. The molecule has 27 heavy (non-hydrogen) atoms. The summed E-state index contributed by atoms with van der Waals surface area (Å²) >= 11 is 0. The monoisotopic (exact) mass is 379 g/mol. The number of carbonyl (C=O) groups is 2. The Labute approximate surface area is 157 Å². The molecule has 0 saturated carbocycles. The second-order valence-electron chi connectivity index (χ2n) is 7.61. The molecule has 1 aromatic carbocycles. The van der Waals surface area contributed by atoms with E-state index in [0.29, 0.717) is 5.56 Å². The van der Waals surface area contributed by atoms with Gasteiger partial charge in [0.15, 0.2) is 11.5 Å². The largest absolute Gasteiger partial charge is 0.504 e. The van der Waals surface area contributed by atoms with Crippen molar-refractivity contribution in [3.8, 4) is 11.5 Å². The lowest BCUT2D eigenvalue weighted by Gasteiger charge is -2.34. The zero-order valence-corrected chi connectivity index (χ0v) is 16.0. The normalized spacial score (nSPS) is 19.3. The minimum absolute atomic E-state index is 0.00753. The van der Waals surface area contributed by atoms with E-state index in [1.165, 1.54) is 29.3 Å².